The van der Waals surface area contributed by atoms with Crippen LogP contribution in [0, 0.1) is 11.8 Å². The molecule has 0 bridgehead atoms. The number of rotatable bonds is 2. The number of carboxylic acid groups (broad SMARTS) is 1. The van der Waals surface area contributed by atoms with Gasteiger partial charge in [0, 0.05) is 0 Å². The molecule has 0 heterocycles. The van der Waals surface area contributed by atoms with E-state index in [1.165, 1.54) is 0 Å². The molecule has 3 heteroatoms. The van der Waals surface area contributed by atoms with E-state index in [4.69, 9.17) is 13.0 Å². The van der Waals surface area contributed by atoms with Gasteiger partial charge in [0.25, 0.3) is 0 Å². The van der Waals surface area contributed by atoms with Crippen molar-refractivity contribution in [1.29, 1.82) is 0 Å². The first kappa shape index (κ1) is 11.6. The van der Waals surface area contributed by atoms with Gasteiger partial charge in [-0.05, 0) is 18.8 Å². The Hall–Kier alpha value is -0.465. The molecule has 78 valence electrons. The molecule has 2 atom stereocenters. The van der Waals surface area contributed by atoms with Crippen LogP contribution in [-0.4, -0.2) is 18.9 Å². The highest BCUT2D eigenvalue weighted by Gasteiger charge is 2.32. The smallest absolute Gasteiger partial charge is 0.306 e. The zero-order valence-electron chi connectivity index (χ0n) is 9.12. The van der Waals surface area contributed by atoms with Gasteiger partial charge in [-0.1, -0.05) is 38.4 Å². The number of carboxylic acids is 1. The summed E-state index contributed by atoms with van der Waals surface area (Å²) in [5.41, 5.74) is 0. The van der Waals surface area contributed by atoms with Crippen molar-refractivity contribution >= 4 is 13.8 Å². The fourth-order valence-electron chi connectivity index (χ4n) is 2.21. The van der Waals surface area contributed by atoms with E-state index < -0.39 is 5.97 Å². The van der Waals surface area contributed by atoms with Gasteiger partial charge < -0.3 is 5.11 Å². The van der Waals surface area contributed by atoms with E-state index >= 15 is 0 Å². The molecule has 2 unspecified atom stereocenters. The quantitative estimate of drug-likeness (QED) is 0.541. The molecule has 0 saturated heterocycles. The van der Waals surface area contributed by atoms with Crippen LogP contribution in [0.3, 0.4) is 0 Å². The van der Waals surface area contributed by atoms with E-state index in [9.17, 15) is 4.79 Å². The second-order valence-electron chi connectivity index (χ2n) is 4.85. The van der Waals surface area contributed by atoms with E-state index in [-0.39, 0.29) is 11.2 Å². The first-order valence-corrected chi connectivity index (χ1v) is 5.47. The number of hydrogen-bond donors (Lipinski definition) is 1. The van der Waals surface area contributed by atoms with Crippen LogP contribution < -0.4 is 0 Å². The molecule has 2 nitrogen and oxygen atoms in total. The minimum Gasteiger partial charge on any atom is -0.481 e. The Kier molecular flexibility index (Phi) is 3.62. The van der Waals surface area contributed by atoms with E-state index in [0.717, 1.165) is 32.1 Å². The summed E-state index contributed by atoms with van der Waals surface area (Å²) in [5, 5.41) is 8.80. The summed E-state index contributed by atoms with van der Waals surface area (Å²) in [7, 11) is 6.27. The van der Waals surface area contributed by atoms with E-state index in [2.05, 4.69) is 13.8 Å². The number of aliphatic carboxylic acids is 1. The fraction of sp³-hybridized carbons (Fsp3) is 0.909. The van der Waals surface area contributed by atoms with Crippen LogP contribution in [0.25, 0.3) is 0 Å². The van der Waals surface area contributed by atoms with Gasteiger partial charge in [0.05, 0.1) is 13.8 Å². The molecule has 0 aromatic carbocycles. The second kappa shape index (κ2) is 4.37. The number of hydrogen-bond acceptors (Lipinski definition) is 1. The molecule has 1 N–H and O–H groups in total. The first-order valence-electron chi connectivity index (χ1n) is 5.47. The predicted octanol–water partition coefficient (Wildman–Crippen LogP) is 2.63. The minimum absolute atomic E-state index is 0.135. The van der Waals surface area contributed by atoms with Crippen molar-refractivity contribution in [1.82, 2.24) is 0 Å². The Bertz CT molecular complexity index is 215. The molecule has 0 amide bonds. The summed E-state index contributed by atoms with van der Waals surface area (Å²) in [6, 6.07) is 0. The molecule has 1 rings (SSSR count). The van der Waals surface area contributed by atoms with Gasteiger partial charge in [-0.3, -0.25) is 4.79 Å². The van der Waals surface area contributed by atoms with Crippen LogP contribution in [0.2, 0.25) is 5.31 Å². The molecule has 0 spiro atoms. The van der Waals surface area contributed by atoms with Gasteiger partial charge >= 0.3 is 5.97 Å². The molecule has 1 fully saturated rings. The molecule has 0 aromatic heterocycles. The van der Waals surface area contributed by atoms with E-state index in [0.29, 0.717) is 5.92 Å². The molecule has 0 aliphatic heterocycles. The highest BCUT2D eigenvalue weighted by atomic mass is 16.4. The van der Waals surface area contributed by atoms with Crippen LogP contribution in [0.5, 0.6) is 0 Å². The summed E-state index contributed by atoms with van der Waals surface area (Å²) < 4.78 is 0. The highest BCUT2D eigenvalue weighted by molar-refractivity contribution is 6.15. The molecular formula is C11H19BO2. The molecule has 1 aliphatic carbocycles. The zero-order chi connectivity index (χ0) is 10.8. The summed E-state index contributed by atoms with van der Waals surface area (Å²) >= 11 is 0. The lowest BCUT2D eigenvalue weighted by atomic mass is 9.57. The average Bonchev–Trinajstić information content (AvgIpc) is 2.28. The van der Waals surface area contributed by atoms with Gasteiger partial charge in [-0.15, -0.1) is 0 Å². The van der Waals surface area contributed by atoms with Crippen molar-refractivity contribution in [2.75, 3.05) is 0 Å². The predicted molar refractivity (Wildman–Crippen MR) is 57.5 cm³/mol. The van der Waals surface area contributed by atoms with Crippen molar-refractivity contribution < 1.29 is 9.90 Å². The second-order valence-corrected chi connectivity index (χ2v) is 4.85. The van der Waals surface area contributed by atoms with Crippen LogP contribution in [-0.2, 0) is 4.79 Å². The largest absolute Gasteiger partial charge is 0.481 e. The Morgan fingerprint density at radius 3 is 2.57 bits per heavy atom. The fourth-order valence-corrected chi connectivity index (χ4v) is 2.21. The van der Waals surface area contributed by atoms with Crippen LogP contribution >= 0.6 is 0 Å². The first-order chi connectivity index (χ1) is 6.46. The lowest BCUT2D eigenvalue weighted by molar-refractivity contribution is -0.142. The Morgan fingerprint density at radius 2 is 2.07 bits per heavy atom. The monoisotopic (exact) mass is 194 g/mol. The summed E-state index contributed by atoms with van der Waals surface area (Å²) in [4.78, 5) is 10.8. The highest BCUT2D eigenvalue weighted by Crippen LogP contribution is 2.46. The van der Waals surface area contributed by atoms with Crippen LogP contribution in [0.15, 0.2) is 0 Å². The Labute approximate surface area is 87.5 Å². The maximum Gasteiger partial charge on any atom is 0.306 e. The van der Waals surface area contributed by atoms with E-state index in [1.54, 1.807) is 0 Å². The molecule has 14 heavy (non-hydrogen) atoms. The summed E-state index contributed by atoms with van der Waals surface area (Å²) in [6.45, 7) is 4.25. The Balaban J connectivity index is 2.60. The van der Waals surface area contributed by atoms with Crippen molar-refractivity contribution in [3.63, 3.8) is 0 Å². The van der Waals surface area contributed by atoms with Gasteiger partial charge in [0.2, 0.25) is 0 Å². The van der Waals surface area contributed by atoms with E-state index in [1.807, 2.05) is 0 Å². The zero-order valence-corrected chi connectivity index (χ0v) is 9.12. The third kappa shape index (κ3) is 2.52. The minimum atomic E-state index is -0.655. The molecule has 1 saturated carbocycles. The Morgan fingerprint density at radius 1 is 1.43 bits per heavy atom. The summed E-state index contributed by atoms with van der Waals surface area (Å²) in [6.07, 6.45) is 4.30. The standard InChI is InChI=1S/C11H19BO2/c1-8(2)11(12)6-3-4-9(5-7-11)10(13)14/h8-9H,3-7H2,1-2H3,(H,13,14). The van der Waals surface area contributed by atoms with Crippen LogP contribution in [0.4, 0.5) is 0 Å². The topological polar surface area (TPSA) is 37.3 Å². The van der Waals surface area contributed by atoms with Crippen molar-refractivity contribution in [2.45, 2.75) is 51.3 Å². The third-order valence-corrected chi connectivity index (χ3v) is 3.65. The van der Waals surface area contributed by atoms with Gasteiger partial charge in [-0.2, -0.15) is 0 Å². The SMILES string of the molecule is [B]C1(C(C)C)CCCC(C(=O)O)CC1. The molecule has 0 aromatic rings. The molecule has 2 radical (unpaired) electrons. The van der Waals surface area contributed by atoms with Gasteiger partial charge in [0.15, 0.2) is 0 Å². The normalized spacial score (nSPS) is 34.1. The maximum atomic E-state index is 10.8. The van der Waals surface area contributed by atoms with Gasteiger partial charge in [0.1, 0.15) is 0 Å². The lowest BCUT2D eigenvalue weighted by Gasteiger charge is -2.33. The van der Waals surface area contributed by atoms with Crippen LogP contribution in [0.1, 0.15) is 46.0 Å². The van der Waals surface area contributed by atoms with Crippen molar-refractivity contribution in [3.8, 4) is 0 Å². The third-order valence-electron chi connectivity index (χ3n) is 3.65. The average molecular weight is 194 g/mol. The maximum absolute atomic E-state index is 10.8. The summed E-state index contributed by atoms with van der Waals surface area (Å²) in [5.74, 6) is -0.382. The molecule has 1 aliphatic rings. The molecular weight excluding hydrogens is 175 g/mol. The van der Waals surface area contributed by atoms with Crippen molar-refractivity contribution in [2.24, 2.45) is 11.8 Å². The lowest BCUT2D eigenvalue weighted by Crippen LogP contribution is -2.19. The number of carbonyl (C=O) groups is 1. The van der Waals surface area contributed by atoms with Gasteiger partial charge in [-0.25, -0.2) is 0 Å². The van der Waals surface area contributed by atoms with Crippen molar-refractivity contribution in [3.05, 3.63) is 0 Å².